The van der Waals surface area contributed by atoms with Gasteiger partial charge in [0.1, 0.15) is 5.82 Å². The predicted octanol–water partition coefficient (Wildman–Crippen LogP) is 3.40. The van der Waals surface area contributed by atoms with Gasteiger partial charge in [-0.15, -0.1) is 10.2 Å². The van der Waals surface area contributed by atoms with Gasteiger partial charge >= 0.3 is 0 Å². The number of piperidine rings is 1. The number of aromatic nitrogens is 3. The van der Waals surface area contributed by atoms with Crippen molar-refractivity contribution in [2.45, 2.75) is 18.8 Å². The summed E-state index contributed by atoms with van der Waals surface area (Å²) >= 11 is 5.91. The van der Waals surface area contributed by atoms with Crippen molar-refractivity contribution in [1.29, 1.82) is 0 Å². The Hall–Kier alpha value is -2.40. The first-order chi connectivity index (χ1) is 11.7. The second kappa shape index (κ2) is 6.24. The quantitative estimate of drug-likeness (QED) is 0.718. The number of hydrogen-bond acceptors (Lipinski definition) is 3. The number of pyridine rings is 1. The van der Waals surface area contributed by atoms with Crippen molar-refractivity contribution < 1.29 is 4.79 Å². The summed E-state index contributed by atoms with van der Waals surface area (Å²) < 4.78 is 2.01. The van der Waals surface area contributed by atoms with Gasteiger partial charge in [-0.1, -0.05) is 17.7 Å². The van der Waals surface area contributed by atoms with Crippen molar-refractivity contribution in [2.75, 3.05) is 13.1 Å². The van der Waals surface area contributed by atoms with Gasteiger partial charge in [0.2, 0.25) is 0 Å². The van der Waals surface area contributed by atoms with Crippen LogP contribution in [0.4, 0.5) is 0 Å². The molecular weight excluding hydrogens is 324 g/mol. The first kappa shape index (κ1) is 15.1. The van der Waals surface area contributed by atoms with Crippen LogP contribution in [0.25, 0.3) is 5.65 Å². The number of likely N-dealkylation sites (tertiary alicyclic amines) is 1. The predicted molar refractivity (Wildman–Crippen MR) is 92.3 cm³/mol. The number of fused-ring (bicyclic) bond motifs is 1. The Kier molecular flexibility index (Phi) is 3.94. The molecule has 2 aromatic heterocycles. The molecule has 3 heterocycles. The molecule has 1 atom stereocenters. The molecule has 0 aliphatic carbocycles. The van der Waals surface area contributed by atoms with E-state index in [4.69, 9.17) is 11.6 Å². The van der Waals surface area contributed by atoms with Crippen LogP contribution in [-0.4, -0.2) is 38.5 Å². The number of halogens is 1. The SMILES string of the molecule is O=C(c1ccc(Cl)cc1)N1CCC[C@@H](c2nnc3ccccn23)C1. The highest BCUT2D eigenvalue weighted by Crippen LogP contribution is 2.27. The summed E-state index contributed by atoms with van der Waals surface area (Å²) in [5, 5.41) is 9.22. The van der Waals surface area contributed by atoms with E-state index in [1.54, 1.807) is 24.3 Å². The molecule has 1 aliphatic heterocycles. The van der Waals surface area contributed by atoms with Crippen LogP contribution < -0.4 is 0 Å². The molecule has 1 fully saturated rings. The maximum atomic E-state index is 12.7. The summed E-state index contributed by atoms with van der Waals surface area (Å²) in [5.74, 6) is 1.18. The summed E-state index contributed by atoms with van der Waals surface area (Å²) in [4.78, 5) is 14.6. The zero-order valence-corrected chi connectivity index (χ0v) is 13.9. The Morgan fingerprint density at radius 2 is 1.96 bits per heavy atom. The highest BCUT2D eigenvalue weighted by molar-refractivity contribution is 6.30. The molecule has 1 aromatic carbocycles. The third-order valence-corrected chi connectivity index (χ3v) is 4.76. The number of amides is 1. The number of benzene rings is 1. The average molecular weight is 341 g/mol. The van der Waals surface area contributed by atoms with Gasteiger partial charge < -0.3 is 4.90 Å². The molecule has 3 aromatic rings. The number of carbonyl (C=O) groups is 1. The number of carbonyl (C=O) groups excluding carboxylic acids is 1. The number of rotatable bonds is 2. The molecule has 24 heavy (non-hydrogen) atoms. The molecule has 5 nitrogen and oxygen atoms in total. The number of hydrogen-bond donors (Lipinski definition) is 0. The van der Waals surface area contributed by atoms with E-state index in [2.05, 4.69) is 10.2 Å². The van der Waals surface area contributed by atoms with Gasteiger partial charge in [0, 0.05) is 35.8 Å². The Labute approximate surface area is 144 Å². The molecule has 1 aliphatic rings. The minimum absolute atomic E-state index is 0.0465. The van der Waals surface area contributed by atoms with E-state index in [9.17, 15) is 4.79 Å². The summed E-state index contributed by atoms with van der Waals surface area (Å²) in [6.45, 7) is 1.44. The van der Waals surface area contributed by atoms with Crippen molar-refractivity contribution in [3.8, 4) is 0 Å². The van der Waals surface area contributed by atoms with E-state index >= 15 is 0 Å². The molecule has 1 saturated heterocycles. The lowest BCUT2D eigenvalue weighted by Crippen LogP contribution is -2.39. The fraction of sp³-hybridized carbons (Fsp3) is 0.278. The first-order valence-corrected chi connectivity index (χ1v) is 8.44. The summed E-state index contributed by atoms with van der Waals surface area (Å²) in [6, 6.07) is 12.9. The second-order valence-electron chi connectivity index (χ2n) is 6.08. The largest absolute Gasteiger partial charge is 0.338 e. The molecule has 0 radical (unpaired) electrons. The Balaban J connectivity index is 1.57. The Bertz CT molecular complexity index is 874. The summed E-state index contributed by atoms with van der Waals surface area (Å²) in [7, 11) is 0. The second-order valence-corrected chi connectivity index (χ2v) is 6.52. The van der Waals surface area contributed by atoms with E-state index < -0.39 is 0 Å². The monoisotopic (exact) mass is 340 g/mol. The van der Waals surface area contributed by atoms with Gasteiger partial charge in [0.25, 0.3) is 5.91 Å². The molecule has 122 valence electrons. The Morgan fingerprint density at radius 1 is 1.12 bits per heavy atom. The average Bonchev–Trinajstić information content (AvgIpc) is 3.06. The zero-order valence-electron chi connectivity index (χ0n) is 13.1. The smallest absolute Gasteiger partial charge is 0.253 e. The molecule has 4 rings (SSSR count). The third kappa shape index (κ3) is 2.76. The lowest BCUT2D eigenvalue weighted by Gasteiger charge is -2.32. The van der Waals surface area contributed by atoms with Crippen LogP contribution in [-0.2, 0) is 0 Å². The van der Waals surface area contributed by atoms with Gasteiger partial charge in [-0.3, -0.25) is 9.20 Å². The summed E-state index contributed by atoms with van der Waals surface area (Å²) in [6.07, 6.45) is 3.95. The molecule has 0 saturated carbocycles. The van der Waals surface area contributed by atoms with Crippen LogP contribution in [0.1, 0.15) is 34.9 Å². The minimum atomic E-state index is 0.0465. The standard InChI is InChI=1S/C18H17ClN4O/c19-15-8-6-13(7-9-15)18(24)22-10-3-4-14(12-22)17-21-20-16-5-1-2-11-23(16)17/h1-2,5-9,11,14H,3-4,10,12H2/t14-/m1/s1. The van der Waals surface area contributed by atoms with E-state index in [1.165, 1.54) is 0 Å². The highest BCUT2D eigenvalue weighted by atomic mass is 35.5. The fourth-order valence-corrected chi connectivity index (χ4v) is 3.41. The molecular formula is C18H17ClN4O. The maximum absolute atomic E-state index is 12.7. The summed E-state index contributed by atoms with van der Waals surface area (Å²) in [5.41, 5.74) is 1.51. The third-order valence-electron chi connectivity index (χ3n) is 4.51. The molecule has 0 bridgehead atoms. The van der Waals surface area contributed by atoms with Crippen LogP contribution in [0, 0.1) is 0 Å². The van der Waals surface area contributed by atoms with Crippen molar-refractivity contribution in [1.82, 2.24) is 19.5 Å². The first-order valence-electron chi connectivity index (χ1n) is 8.07. The van der Waals surface area contributed by atoms with Crippen LogP contribution >= 0.6 is 11.6 Å². The van der Waals surface area contributed by atoms with E-state index in [-0.39, 0.29) is 11.8 Å². The van der Waals surface area contributed by atoms with E-state index in [0.29, 0.717) is 17.1 Å². The van der Waals surface area contributed by atoms with Gasteiger partial charge in [0.15, 0.2) is 5.65 Å². The van der Waals surface area contributed by atoms with Crippen LogP contribution in [0.3, 0.4) is 0 Å². The van der Waals surface area contributed by atoms with Crippen LogP contribution in [0.2, 0.25) is 5.02 Å². The van der Waals surface area contributed by atoms with Gasteiger partial charge in [-0.25, -0.2) is 0 Å². The van der Waals surface area contributed by atoms with Crippen molar-refractivity contribution >= 4 is 23.2 Å². The van der Waals surface area contributed by atoms with Crippen LogP contribution in [0.5, 0.6) is 0 Å². The lowest BCUT2D eigenvalue weighted by atomic mass is 9.96. The number of nitrogens with zero attached hydrogens (tertiary/aromatic N) is 4. The topological polar surface area (TPSA) is 50.5 Å². The lowest BCUT2D eigenvalue weighted by molar-refractivity contribution is 0.0704. The van der Waals surface area contributed by atoms with E-state index in [1.807, 2.05) is 33.7 Å². The van der Waals surface area contributed by atoms with Crippen molar-refractivity contribution in [2.24, 2.45) is 0 Å². The molecule has 0 spiro atoms. The van der Waals surface area contributed by atoms with Gasteiger partial charge in [-0.2, -0.15) is 0 Å². The van der Waals surface area contributed by atoms with Crippen molar-refractivity contribution in [3.05, 3.63) is 65.1 Å². The van der Waals surface area contributed by atoms with Crippen LogP contribution in [0.15, 0.2) is 48.7 Å². The van der Waals surface area contributed by atoms with E-state index in [0.717, 1.165) is 30.9 Å². The Morgan fingerprint density at radius 3 is 2.79 bits per heavy atom. The maximum Gasteiger partial charge on any atom is 0.253 e. The fourth-order valence-electron chi connectivity index (χ4n) is 3.29. The highest BCUT2D eigenvalue weighted by Gasteiger charge is 2.28. The molecule has 1 amide bonds. The molecule has 6 heteroatoms. The van der Waals surface area contributed by atoms with Gasteiger partial charge in [-0.05, 0) is 49.2 Å². The molecule has 0 unspecified atom stereocenters. The minimum Gasteiger partial charge on any atom is -0.338 e. The van der Waals surface area contributed by atoms with Gasteiger partial charge in [0.05, 0.1) is 0 Å². The zero-order chi connectivity index (χ0) is 16.5. The van der Waals surface area contributed by atoms with Crippen molar-refractivity contribution in [3.63, 3.8) is 0 Å². The molecule has 0 N–H and O–H groups in total. The normalized spacial score (nSPS) is 18.0.